The predicted molar refractivity (Wildman–Crippen MR) is 67.8 cm³/mol. The summed E-state index contributed by atoms with van der Waals surface area (Å²) in [4.78, 5) is 26.8. The fraction of sp³-hybridized carbons (Fsp3) is 0.538. The molecule has 1 aromatic heterocycles. The molecular weight excluding hydrogens is 289 g/mol. The van der Waals surface area contributed by atoms with E-state index >= 15 is 0 Å². The molecule has 0 aliphatic carbocycles. The number of piperidine rings is 1. The average Bonchev–Trinajstić information content (AvgIpc) is 2.35. The molecule has 2 heterocycles. The van der Waals surface area contributed by atoms with Crippen LogP contribution < -0.4 is 5.56 Å². The van der Waals surface area contributed by atoms with Crippen LogP contribution in [0.2, 0.25) is 0 Å². The molecule has 0 saturated carbocycles. The fourth-order valence-corrected chi connectivity index (χ4v) is 2.37. The maximum absolute atomic E-state index is 12.5. The largest absolute Gasteiger partial charge is 0.431 e. The summed E-state index contributed by atoms with van der Waals surface area (Å²) in [5, 5.41) is 9.93. The number of halogens is 3. The SMILES string of the molecule is CC1(O)CCCN(C(=O)c2ccc(C(F)(F)F)[nH]c2=O)C1. The molecule has 116 valence electrons. The zero-order chi connectivity index (χ0) is 15.8. The molecule has 0 spiro atoms. The van der Waals surface area contributed by atoms with Crippen molar-refractivity contribution in [2.75, 3.05) is 13.1 Å². The minimum atomic E-state index is -4.67. The van der Waals surface area contributed by atoms with Crippen molar-refractivity contribution >= 4 is 5.91 Å². The maximum Gasteiger partial charge on any atom is 0.431 e. The monoisotopic (exact) mass is 304 g/mol. The van der Waals surface area contributed by atoms with Gasteiger partial charge in [-0.2, -0.15) is 13.2 Å². The molecule has 2 rings (SSSR count). The number of alkyl halides is 3. The van der Waals surface area contributed by atoms with Gasteiger partial charge in [0, 0.05) is 13.1 Å². The van der Waals surface area contributed by atoms with Gasteiger partial charge in [0.1, 0.15) is 11.3 Å². The summed E-state index contributed by atoms with van der Waals surface area (Å²) in [5.74, 6) is -0.676. The van der Waals surface area contributed by atoms with Crippen LogP contribution in [-0.4, -0.2) is 39.6 Å². The summed E-state index contributed by atoms with van der Waals surface area (Å²) >= 11 is 0. The molecular formula is C13H15F3N2O3. The number of nitrogens with zero attached hydrogens (tertiary/aromatic N) is 1. The third kappa shape index (κ3) is 3.44. The van der Waals surface area contributed by atoms with Gasteiger partial charge in [0.15, 0.2) is 0 Å². The van der Waals surface area contributed by atoms with Gasteiger partial charge in [0.05, 0.1) is 5.60 Å². The lowest BCUT2D eigenvalue weighted by molar-refractivity contribution is -0.141. The fourth-order valence-electron chi connectivity index (χ4n) is 2.37. The quantitative estimate of drug-likeness (QED) is 0.823. The summed E-state index contributed by atoms with van der Waals surface area (Å²) in [7, 11) is 0. The smallest absolute Gasteiger partial charge is 0.388 e. The Kier molecular flexibility index (Phi) is 3.83. The highest BCUT2D eigenvalue weighted by atomic mass is 19.4. The number of pyridine rings is 1. The maximum atomic E-state index is 12.5. The van der Waals surface area contributed by atoms with Crippen molar-refractivity contribution in [3.05, 3.63) is 33.7 Å². The Hall–Kier alpha value is -1.83. The topological polar surface area (TPSA) is 73.4 Å². The van der Waals surface area contributed by atoms with Crippen LogP contribution in [0.15, 0.2) is 16.9 Å². The van der Waals surface area contributed by atoms with Crippen molar-refractivity contribution < 1.29 is 23.1 Å². The van der Waals surface area contributed by atoms with Gasteiger partial charge in [0.2, 0.25) is 0 Å². The molecule has 0 radical (unpaired) electrons. The molecule has 8 heteroatoms. The van der Waals surface area contributed by atoms with Crippen molar-refractivity contribution in [3.8, 4) is 0 Å². The molecule has 1 fully saturated rings. The third-order valence-corrected chi connectivity index (χ3v) is 3.41. The first-order valence-corrected chi connectivity index (χ1v) is 6.42. The van der Waals surface area contributed by atoms with Gasteiger partial charge in [0.25, 0.3) is 11.5 Å². The summed E-state index contributed by atoms with van der Waals surface area (Å²) < 4.78 is 37.4. The van der Waals surface area contributed by atoms with Crippen LogP contribution in [0.4, 0.5) is 13.2 Å². The number of amides is 1. The first kappa shape index (κ1) is 15.6. The van der Waals surface area contributed by atoms with Gasteiger partial charge in [-0.3, -0.25) is 9.59 Å². The van der Waals surface area contributed by atoms with Crippen molar-refractivity contribution in [1.29, 1.82) is 0 Å². The lowest BCUT2D eigenvalue weighted by Gasteiger charge is -2.36. The molecule has 1 atom stereocenters. The molecule has 1 aliphatic heterocycles. The number of aromatic amines is 1. The number of hydrogen-bond acceptors (Lipinski definition) is 3. The highest BCUT2D eigenvalue weighted by Gasteiger charge is 2.34. The summed E-state index contributed by atoms with van der Waals surface area (Å²) in [6, 6.07) is 1.53. The number of β-amino-alcohol motifs (C(OH)–C–C–N with tert-alkyl or cyclic N) is 1. The Balaban J connectivity index is 2.26. The zero-order valence-electron chi connectivity index (χ0n) is 11.3. The van der Waals surface area contributed by atoms with Crippen LogP contribution in [0.1, 0.15) is 35.8 Å². The predicted octanol–water partition coefficient (Wildman–Crippen LogP) is 1.38. The van der Waals surface area contributed by atoms with E-state index in [0.717, 1.165) is 6.07 Å². The highest BCUT2D eigenvalue weighted by Crippen LogP contribution is 2.27. The minimum absolute atomic E-state index is 0.0479. The van der Waals surface area contributed by atoms with E-state index in [2.05, 4.69) is 0 Å². The van der Waals surface area contributed by atoms with E-state index in [9.17, 15) is 27.9 Å². The van der Waals surface area contributed by atoms with E-state index in [1.54, 1.807) is 11.9 Å². The lowest BCUT2D eigenvalue weighted by atomic mass is 9.95. The number of aliphatic hydroxyl groups is 1. The van der Waals surface area contributed by atoms with Crippen LogP contribution in [0.25, 0.3) is 0 Å². The molecule has 1 aromatic rings. The van der Waals surface area contributed by atoms with Crippen molar-refractivity contribution in [3.63, 3.8) is 0 Å². The van der Waals surface area contributed by atoms with E-state index < -0.39 is 28.9 Å². The Morgan fingerprint density at radius 2 is 2.10 bits per heavy atom. The third-order valence-electron chi connectivity index (χ3n) is 3.41. The number of aromatic nitrogens is 1. The highest BCUT2D eigenvalue weighted by molar-refractivity contribution is 5.94. The van der Waals surface area contributed by atoms with Gasteiger partial charge < -0.3 is 15.0 Å². The molecule has 1 saturated heterocycles. The second kappa shape index (κ2) is 5.18. The Labute approximate surface area is 118 Å². The molecule has 0 aromatic carbocycles. The van der Waals surface area contributed by atoms with Crippen LogP contribution >= 0.6 is 0 Å². The van der Waals surface area contributed by atoms with Crippen molar-refractivity contribution in [1.82, 2.24) is 9.88 Å². The summed E-state index contributed by atoms with van der Waals surface area (Å²) in [6.07, 6.45) is -3.58. The van der Waals surface area contributed by atoms with Gasteiger partial charge in [-0.1, -0.05) is 0 Å². The number of hydrogen-bond donors (Lipinski definition) is 2. The first-order valence-electron chi connectivity index (χ1n) is 6.42. The number of rotatable bonds is 1. The second-order valence-corrected chi connectivity index (χ2v) is 5.44. The standard InChI is InChI=1S/C13H15F3N2O3/c1-12(21)5-2-6-18(7-12)11(20)8-3-4-9(13(14,15)16)17-10(8)19/h3-4,21H,2,5-7H2,1H3,(H,17,19). The Morgan fingerprint density at radius 3 is 2.62 bits per heavy atom. The number of carbonyl (C=O) groups excluding carboxylic acids is 1. The number of nitrogens with one attached hydrogen (secondary N) is 1. The van der Waals surface area contributed by atoms with Gasteiger partial charge >= 0.3 is 6.18 Å². The van der Waals surface area contributed by atoms with E-state index in [4.69, 9.17) is 0 Å². The van der Waals surface area contributed by atoms with Crippen molar-refractivity contribution in [2.45, 2.75) is 31.5 Å². The van der Waals surface area contributed by atoms with E-state index in [1.165, 1.54) is 4.90 Å². The molecule has 0 bridgehead atoms. The van der Waals surface area contributed by atoms with E-state index in [0.29, 0.717) is 25.5 Å². The second-order valence-electron chi connectivity index (χ2n) is 5.44. The van der Waals surface area contributed by atoms with Crippen molar-refractivity contribution in [2.24, 2.45) is 0 Å². The van der Waals surface area contributed by atoms with Crippen LogP contribution in [0.5, 0.6) is 0 Å². The molecule has 5 nitrogen and oxygen atoms in total. The number of H-pyrrole nitrogens is 1. The molecule has 2 N–H and O–H groups in total. The van der Waals surface area contributed by atoms with Gasteiger partial charge in [-0.15, -0.1) is 0 Å². The Bertz CT molecular complexity index is 607. The lowest BCUT2D eigenvalue weighted by Crippen LogP contribution is -2.49. The average molecular weight is 304 g/mol. The zero-order valence-corrected chi connectivity index (χ0v) is 11.3. The van der Waals surface area contributed by atoms with Crippen LogP contribution in [0, 0.1) is 0 Å². The van der Waals surface area contributed by atoms with Gasteiger partial charge in [-0.25, -0.2) is 0 Å². The minimum Gasteiger partial charge on any atom is -0.388 e. The summed E-state index contributed by atoms with van der Waals surface area (Å²) in [5.41, 5.74) is -3.69. The number of carbonyl (C=O) groups is 1. The molecule has 1 aliphatic rings. The Morgan fingerprint density at radius 1 is 1.43 bits per heavy atom. The molecule has 21 heavy (non-hydrogen) atoms. The van der Waals surface area contributed by atoms with E-state index in [-0.39, 0.29) is 12.1 Å². The van der Waals surface area contributed by atoms with E-state index in [1.807, 2.05) is 0 Å². The van der Waals surface area contributed by atoms with Crippen LogP contribution in [0.3, 0.4) is 0 Å². The van der Waals surface area contributed by atoms with Crippen LogP contribution in [-0.2, 0) is 6.18 Å². The first-order chi connectivity index (χ1) is 9.60. The summed E-state index contributed by atoms with van der Waals surface area (Å²) in [6.45, 7) is 1.98. The molecule has 1 unspecified atom stereocenters. The van der Waals surface area contributed by atoms with Gasteiger partial charge in [-0.05, 0) is 31.9 Å². The normalized spacial score (nSPS) is 23.2. The molecule has 1 amide bonds. The number of likely N-dealkylation sites (tertiary alicyclic amines) is 1.